The van der Waals surface area contributed by atoms with Gasteiger partial charge in [-0.2, -0.15) is 9.97 Å². The number of aryl methyl sites for hydroxylation is 2. The average molecular weight is 389 g/mol. The third-order valence-corrected chi connectivity index (χ3v) is 4.79. The van der Waals surface area contributed by atoms with Crippen LogP contribution in [0.5, 0.6) is 0 Å². The van der Waals surface area contributed by atoms with Crippen molar-refractivity contribution in [3.8, 4) is 0 Å². The molecule has 0 amide bonds. The molecule has 2 N–H and O–H groups in total. The molecule has 0 aliphatic carbocycles. The van der Waals surface area contributed by atoms with Crippen LogP contribution < -0.4 is 11.3 Å². The number of nitrogens with two attached hydrogens (primary N) is 1. The topological polar surface area (TPSA) is 126 Å². The largest absolute Gasteiger partial charge is 0.462 e. The minimum atomic E-state index is -0.522. The second-order valence-corrected chi connectivity index (χ2v) is 6.52. The van der Waals surface area contributed by atoms with Crippen LogP contribution in [-0.4, -0.2) is 32.1 Å². The first-order valence-electron chi connectivity index (χ1n) is 8.37. The summed E-state index contributed by atoms with van der Waals surface area (Å²) in [6.45, 7) is 6.24. The van der Waals surface area contributed by atoms with Gasteiger partial charge in [0.25, 0.3) is 5.56 Å². The van der Waals surface area contributed by atoms with Crippen LogP contribution in [0, 0.1) is 6.92 Å². The van der Waals surface area contributed by atoms with Gasteiger partial charge < -0.3 is 19.5 Å². The number of nitrogen functional groups attached to an aromatic ring is 1. The highest BCUT2D eigenvalue weighted by Gasteiger charge is 2.24. The maximum Gasteiger partial charge on any atom is 0.342 e. The van der Waals surface area contributed by atoms with Crippen LogP contribution in [0.15, 0.2) is 26.6 Å². The van der Waals surface area contributed by atoms with Gasteiger partial charge >= 0.3 is 5.97 Å². The van der Waals surface area contributed by atoms with E-state index in [4.69, 9.17) is 14.9 Å². The SMILES string of the molecule is CCOC(=O)c1c(C)oc2nc(CSc3nc(=O)ccn3CC)nc(N)c12. The van der Waals surface area contributed by atoms with Crippen molar-refractivity contribution in [1.29, 1.82) is 0 Å². The first kappa shape index (κ1) is 18.9. The monoisotopic (exact) mass is 389 g/mol. The summed E-state index contributed by atoms with van der Waals surface area (Å²) in [5.74, 6) is 0.746. The molecule has 142 valence electrons. The molecule has 27 heavy (non-hydrogen) atoms. The molecule has 0 aliphatic heterocycles. The first-order valence-corrected chi connectivity index (χ1v) is 9.36. The summed E-state index contributed by atoms with van der Waals surface area (Å²) in [4.78, 5) is 36.3. The summed E-state index contributed by atoms with van der Waals surface area (Å²) in [5, 5.41) is 0.915. The molecule has 0 radical (unpaired) electrons. The van der Waals surface area contributed by atoms with Crippen molar-refractivity contribution in [1.82, 2.24) is 19.5 Å². The molecule has 3 heterocycles. The summed E-state index contributed by atoms with van der Waals surface area (Å²) in [7, 11) is 0. The molecule has 0 fully saturated rings. The van der Waals surface area contributed by atoms with Crippen LogP contribution in [0.1, 0.15) is 35.8 Å². The molecule has 0 saturated carbocycles. The number of carbonyl (C=O) groups is 1. The van der Waals surface area contributed by atoms with Gasteiger partial charge in [0.15, 0.2) is 5.16 Å². The van der Waals surface area contributed by atoms with Gasteiger partial charge in [0.1, 0.15) is 23.0 Å². The molecular formula is C17H19N5O4S. The number of rotatable bonds is 6. The lowest BCUT2D eigenvalue weighted by Gasteiger charge is -2.08. The fraction of sp³-hybridized carbons (Fsp3) is 0.353. The number of fused-ring (bicyclic) bond motifs is 1. The quantitative estimate of drug-likeness (QED) is 0.383. The van der Waals surface area contributed by atoms with Gasteiger partial charge in [0.05, 0.1) is 17.7 Å². The number of hydrogen-bond donors (Lipinski definition) is 1. The fourth-order valence-electron chi connectivity index (χ4n) is 2.60. The number of anilines is 1. The Kier molecular flexibility index (Phi) is 5.45. The van der Waals surface area contributed by atoms with Crippen molar-refractivity contribution < 1.29 is 13.9 Å². The van der Waals surface area contributed by atoms with Crippen LogP contribution in [0.3, 0.4) is 0 Å². The van der Waals surface area contributed by atoms with Gasteiger partial charge in [-0.1, -0.05) is 11.8 Å². The number of thioether (sulfide) groups is 1. The van der Waals surface area contributed by atoms with Gasteiger partial charge in [0, 0.05) is 18.8 Å². The van der Waals surface area contributed by atoms with Crippen molar-refractivity contribution in [3.05, 3.63) is 39.8 Å². The Hall–Kier alpha value is -2.88. The zero-order chi connectivity index (χ0) is 19.6. The number of nitrogens with zero attached hydrogens (tertiary/aromatic N) is 4. The zero-order valence-electron chi connectivity index (χ0n) is 15.2. The van der Waals surface area contributed by atoms with Crippen molar-refractivity contribution >= 4 is 34.6 Å². The highest BCUT2D eigenvalue weighted by Crippen LogP contribution is 2.30. The van der Waals surface area contributed by atoms with Crippen molar-refractivity contribution in [2.75, 3.05) is 12.3 Å². The summed E-state index contributed by atoms with van der Waals surface area (Å²) < 4.78 is 12.5. The molecule has 10 heteroatoms. The normalized spacial score (nSPS) is 11.1. The highest BCUT2D eigenvalue weighted by atomic mass is 32.2. The summed E-state index contributed by atoms with van der Waals surface area (Å²) in [6.07, 6.45) is 1.69. The van der Waals surface area contributed by atoms with Crippen LogP contribution in [0.25, 0.3) is 11.1 Å². The van der Waals surface area contributed by atoms with Gasteiger partial charge in [-0.25, -0.2) is 9.78 Å². The van der Waals surface area contributed by atoms with E-state index < -0.39 is 5.97 Å². The maximum atomic E-state index is 12.2. The Morgan fingerprint density at radius 2 is 2.11 bits per heavy atom. The summed E-state index contributed by atoms with van der Waals surface area (Å²) >= 11 is 1.32. The average Bonchev–Trinajstić information content (AvgIpc) is 2.96. The van der Waals surface area contributed by atoms with E-state index in [-0.39, 0.29) is 29.3 Å². The number of esters is 1. The van der Waals surface area contributed by atoms with Gasteiger partial charge in [-0.05, 0) is 20.8 Å². The highest BCUT2D eigenvalue weighted by molar-refractivity contribution is 7.98. The molecule has 3 aromatic rings. The van der Waals surface area contributed by atoms with E-state index in [1.807, 2.05) is 11.5 Å². The van der Waals surface area contributed by atoms with Crippen LogP contribution in [0.4, 0.5) is 5.82 Å². The molecule has 3 rings (SSSR count). The number of hydrogen-bond acceptors (Lipinski definition) is 9. The second-order valence-electron chi connectivity index (χ2n) is 5.58. The van der Waals surface area contributed by atoms with E-state index in [0.717, 1.165) is 0 Å². The second kappa shape index (κ2) is 7.78. The molecule has 0 bridgehead atoms. The Morgan fingerprint density at radius 3 is 2.81 bits per heavy atom. The van der Waals surface area contributed by atoms with E-state index in [1.54, 1.807) is 20.0 Å². The van der Waals surface area contributed by atoms with E-state index in [0.29, 0.717) is 34.4 Å². The molecular weight excluding hydrogens is 370 g/mol. The lowest BCUT2D eigenvalue weighted by atomic mass is 10.2. The first-order chi connectivity index (χ1) is 12.9. The van der Waals surface area contributed by atoms with Crippen molar-refractivity contribution in [2.24, 2.45) is 0 Å². The molecule has 3 aromatic heterocycles. The third-order valence-electron chi connectivity index (χ3n) is 3.80. The number of ether oxygens (including phenoxy) is 1. The number of aromatic nitrogens is 4. The van der Waals surface area contributed by atoms with Crippen LogP contribution in [-0.2, 0) is 17.0 Å². The molecule has 0 saturated heterocycles. The van der Waals surface area contributed by atoms with Gasteiger partial charge in [-0.3, -0.25) is 4.79 Å². The number of furan rings is 1. The molecule has 0 unspecified atom stereocenters. The van der Waals surface area contributed by atoms with Crippen molar-refractivity contribution in [3.63, 3.8) is 0 Å². The van der Waals surface area contributed by atoms with E-state index in [9.17, 15) is 9.59 Å². The lowest BCUT2D eigenvalue weighted by Crippen LogP contribution is -2.12. The fourth-order valence-corrected chi connectivity index (χ4v) is 3.49. The minimum Gasteiger partial charge on any atom is -0.462 e. The summed E-state index contributed by atoms with van der Waals surface area (Å²) in [5.41, 5.74) is 6.22. The standard InChI is InChI=1S/C17H19N5O4S/c1-4-22-7-6-11(23)21-17(22)27-8-10-19-14(18)13-12(16(24)25-5-2)9(3)26-15(13)20-10/h6-7H,4-5,8H2,1-3H3,(H2,18,19,20). The van der Waals surface area contributed by atoms with Gasteiger partial charge in [-0.15, -0.1) is 0 Å². The predicted molar refractivity (Wildman–Crippen MR) is 101 cm³/mol. The van der Waals surface area contributed by atoms with Crippen LogP contribution in [0.2, 0.25) is 0 Å². The zero-order valence-corrected chi connectivity index (χ0v) is 16.0. The Balaban J connectivity index is 1.93. The number of carbonyl (C=O) groups excluding carboxylic acids is 1. The van der Waals surface area contributed by atoms with Crippen molar-refractivity contribution in [2.45, 2.75) is 38.2 Å². The third kappa shape index (κ3) is 3.80. The Labute approximate surface area is 159 Å². The Morgan fingerprint density at radius 1 is 1.33 bits per heavy atom. The minimum absolute atomic E-state index is 0.143. The van der Waals surface area contributed by atoms with E-state index in [1.165, 1.54) is 17.8 Å². The molecule has 9 nitrogen and oxygen atoms in total. The molecule has 0 atom stereocenters. The van der Waals surface area contributed by atoms with E-state index in [2.05, 4.69) is 15.0 Å². The predicted octanol–water partition coefficient (Wildman–Crippen LogP) is 2.16. The maximum absolute atomic E-state index is 12.2. The van der Waals surface area contributed by atoms with E-state index >= 15 is 0 Å². The van der Waals surface area contributed by atoms with Gasteiger partial charge in [0.2, 0.25) is 5.71 Å². The summed E-state index contributed by atoms with van der Waals surface area (Å²) in [6, 6.07) is 1.41. The Bertz CT molecular complexity index is 1060. The smallest absolute Gasteiger partial charge is 0.342 e. The molecule has 0 aromatic carbocycles. The molecule has 0 spiro atoms. The molecule has 0 aliphatic rings. The van der Waals surface area contributed by atoms with Crippen LogP contribution >= 0.6 is 11.8 Å². The lowest BCUT2D eigenvalue weighted by molar-refractivity contribution is 0.0526.